The van der Waals surface area contributed by atoms with Crippen LogP contribution in [0.15, 0.2) is 0 Å². The first-order chi connectivity index (χ1) is 7.83. The first-order valence-corrected chi connectivity index (χ1v) is 7.04. The zero-order valence-electron chi connectivity index (χ0n) is 10.5. The van der Waals surface area contributed by atoms with Crippen molar-refractivity contribution in [1.29, 1.82) is 0 Å². The zero-order valence-corrected chi connectivity index (χ0v) is 10.5. The number of rotatable bonds is 2. The highest BCUT2D eigenvalue weighted by molar-refractivity contribution is 4.93. The topological polar surface area (TPSA) is 18.5 Å². The molecule has 1 saturated carbocycles. The van der Waals surface area contributed by atoms with Gasteiger partial charge in [-0.3, -0.25) is 9.80 Å². The first-order valence-electron chi connectivity index (χ1n) is 7.04. The van der Waals surface area contributed by atoms with Crippen molar-refractivity contribution in [3.05, 3.63) is 0 Å². The van der Waals surface area contributed by atoms with E-state index in [0.29, 0.717) is 6.04 Å². The predicted molar refractivity (Wildman–Crippen MR) is 66.7 cm³/mol. The van der Waals surface area contributed by atoms with Gasteiger partial charge in [-0.15, -0.1) is 0 Å². The fourth-order valence-electron chi connectivity index (χ4n) is 3.23. The molecule has 0 aromatic heterocycles. The maximum Gasteiger partial charge on any atom is 0.0236 e. The first kappa shape index (κ1) is 11.0. The van der Waals surface area contributed by atoms with Gasteiger partial charge in [0.2, 0.25) is 0 Å². The molecular weight excluding hydrogens is 198 g/mol. The molecule has 0 aromatic rings. The highest BCUT2D eigenvalue weighted by Gasteiger charge is 2.36. The van der Waals surface area contributed by atoms with Gasteiger partial charge in [-0.05, 0) is 32.6 Å². The Morgan fingerprint density at radius 3 is 2.50 bits per heavy atom. The standard InChI is InChI=1S/C13H25N3/c1-11-4-7-15(9-6-14-11)13-5-8-16(10-13)12-2-3-12/h11-14H,2-10H2,1H3. The summed E-state index contributed by atoms with van der Waals surface area (Å²) in [5.41, 5.74) is 0. The molecule has 16 heavy (non-hydrogen) atoms. The van der Waals surface area contributed by atoms with Crippen LogP contribution in [-0.4, -0.2) is 60.6 Å². The van der Waals surface area contributed by atoms with Crippen LogP contribution >= 0.6 is 0 Å². The van der Waals surface area contributed by atoms with E-state index in [0.717, 1.165) is 12.1 Å². The lowest BCUT2D eigenvalue weighted by molar-refractivity contribution is 0.201. The molecule has 2 aliphatic heterocycles. The molecule has 3 heteroatoms. The van der Waals surface area contributed by atoms with E-state index in [-0.39, 0.29) is 0 Å². The van der Waals surface area contributed by atoms with E-state index in [4.69, 9.17) is 0 Å². The van der Waals surface area contributed by atoms with Crippen LogP contribution in [-0.2, 0) is 0 Å². The fourth-order valence-corrected chi connectivity index (χ4v) is 3.23. The molecular formula is C13H25N3. The summed E-state index contributed by atoms with van der Waals surface area (Å²) >= 11 is 0. The maximum atomic E-state index is 3.59. The second kappa shape index (κ2) is 4.63. The van der Waals surface area contributed by atoms with Gasteiger partial charge in [-0.1, -0.05) is 0 Å². The Morgan fingerprint density at radius 1 is 0.875 bits per heavy atom. The molecule has 1 N–H and O–H groups in total. The van der Waals surface area contributed by atoms with Crippen molar-refractivity contribution in [1.82, 2.24) is 15.1 Å². The molecule has 0 amide bonds. The molecule has 0 aromatic carbocycles. The Hall–Kier alpha value is -0.120. The SMILES string of the molecule is CC1CCN(C2CCN(C3CC3)C2)CCN1. The summed E-state index contributed by atoms with van der Waals surface area (Å²) in [7, 11) is 0. The van der Waals surface area contributed by atoms with Gasteiger partial charge in [-0.25, -0.2) is 0 Å². The number of hydrogen-bond acceptors (Lipinski definition) is 3. The highest BCUT2D eigenvalue weighted by atomic mass is 15.3. The van der Waals surface area contributed by atoms with Crippen LogP contribution in [0.2, 0.25) is 0 Å². The largest absolute Gasteiger partial charge is 0.313 e. The third kappa shape index (κ3) is 2.41. The lowest BCUT2D eigenvalue weighted by atomic mass is 10.2. The van der Waals surface area contributed by atoms with Gasteiger partial charge in [0.1, 0.15) is 0 Å². The van der Waals surface area contributed by atoms with Gasteiger partial charge >= 0.3 is 0 Å². The molecule has 1 aliphatic carbocycles. The molecule has 3 aliphatic rings. The Bertz CT molecular complexity index is 239. The van der Waals surface area contributed by atoms with Crippen molar-refractivity contribution in [3.8, 4) is 0 Å². The van der Waals surface area contributed by atoms with E-state index in [9.17, 15) is 0 Å². The summed E-state index contributed by atoms with van der Waals surface area (Å²) in [6, 6.07) is 2.53. The van der Waals surface area contributed by atoms with Crippen LogP contribution in [0.25, 0.3) is 0 Å². The van der Waals surface area contributed by atoms with Crippen LogP contribution in [0.5, 0.6) is 0 Å². The average molecular weight is 223 g/mol. The smallest absolute Gasteiger partial charge is 0.0236 e. The molecule has 2 saturated heterocycles. The average Bonchev–Trinajstić information content (AvgIpc) is 3.05. The minimum Gasteiger partial charge on any atom is -0.313 e. The van der Waals surface area contributed by atoms with E-state index in [1.807, 2.05) is 0 Å². The van der Waals surface area contributed by atoms with Gasteiger partial charge in [0.25, 0.3) is 0 Å². The van der Waals surface area contributed by atoms with Crippen LogP contribution in [0.1, 0.15) is 32.6 Å². The van der Waals surface area contributed by atoms with Gasteiger partial charge in [0.05, 0.1) is 0 Å². The lowest BCUT2D eigenvalue weighted by Gasteiger charge is -2.27. The molecule has 3 nitrogen and oxygen atoms in total. The molecule has 2 heterocycles. The van der Waals surface area contributed by atoms with Crippen LogP contribution in [0.3, 0.4) is 0 Å². The van der Waals surface area contributed by atoms with Gasteiger partial charge in [0, 0.05) is 50.8 Å². The van der Waals surface area contributed by atoms with Crippen LogP contribution < -0.4 is 5.32 Å². The normalized spacial score (nSPS) is 38.8. The Labute approximate surface area is 99.2 Å². The van der Waals surface area contributed by atoms with Gasteiger partial charge < -0.3 is 5.32 Å². The number of nitrogens with zero attached hydrogens (tertiary/aromatic N) is 2. The van der Waals surface area contributed by atoms with E-state index >= 15 is 0 Å². The maximum absolute atomic E-state index is 3.59. The summed E-state index contributed by atoms with van der Waals surface area (Å²) < 4.78 is 0. The van der Waals surface area contributed by atoms with Crippen molar-refractivity contribution in [2.45, 2.75) is 50.7 Å². The monoisotopic (exact) mass is 223 g/mol. The van der Waals surface area contributed by atoms with Gasteiger partial charge in [0.15, 0.2) is 0 Å². The molecule has 0 radical (unpaired) electrons. The molecule has 0 bridgehead atoms. The summed E-state index contributed by atoms with van der Waals surface area (Å²) in [5, 5.41) is 3.59. The number of likely N-dealkylation sites (tertiary alicyclic amines) is 1. The second-order valence-corrected chi connectivity index (χ2v) is 5.85. The number of nitrogens with one attached hydrogen (secondary N) is 1. The molecule has 0 spiro atoms. The van der Waals surface area contributed by atoms with E-state index in [2.05, 4.69) is 22.0 Å². The van der Waals surface area contributed by atoms with E-state index in [1.54, 1.807) is 0 Å². The van der Waals surface area contributed by atoms with Crippen molar-refractivity contribution in [3.63, 3.8) is 0 Å². The summed E-state index contributed by atoms with van der Waals surface area (Å²) in [4.78, 5) is 5.46. The summed E-state index contributed by atoms with van der Waals surface area (Å²) in [6.45, 7) is 8.76. The zero-order chi connectivity index (χ0) is 11.0. The Balaban J connectivity index is 1.52. The molecule has 3 rings (SSSR count). The Kier molecular flexibility index (Phi) is 3.18. The van der Waals surface area contributed by atoms with E-state index in [1.165, 1.54) is 58.4 Å². The third-order valence-electron chi connectivity index (χ3n) is 4.52. The molecule has 2 unspecified atom stereocenters. The van der Waals surface area contributed by atoms with Crippen molar-refractivity contribution < 1.29 is 0 Å². The van der Waals surface area contributed by atoms with Crippen molar-refractivity contribution >= 4 is 0 Å². The Morgan fingerprint density at radius 2 is 1.69 bits per heavy atom. The minimum atomic E-state index is 0.714. The minimum absolute atomic E-state index is 0.714. The highest BCUT2D eigenvalue weighted by Crippen LogP contribution is 2.31. The molecule has 92 valence electrons. The third-order valence-corrected chi connectivity index (χ3v) is 4.52. The second-order valence-electron chi connectivity index (χ2n) is 5.85. The van der Waals surface area contributed by atoms with Crippen molar-refractivity contribution in [2.24, 2.45) is 0 Å². The lowest BCUT2D eigenvalue weighted by Crippen LogP contribution is -2.40. The summed E-state index contributed by atoms with van der Waals surface area (Å²) in [6.07, 6.45) is 5.65. The predicted octanol–water partition coefficient (Wildman–Crippen LogP) is 0.907. The fraction of sp³-hybridized carbons (Fsp3) is 1.00. The molecule has 3 fully saturated rings. The quantitative estimate of drug-likeness (QED) is 0.750. The van der Waals surface area contributed by atoms with E-state index < -0.39 is 0 Å². The van der Waals surface area contributed by atoms with Gasteiger partial charge in [-0.2, -0.15) is 0 Å². The van der Waals surface area contributed by atoms with Crippen LogP contribution in [0.4, 0.5) is 0 Å². The summed E-state index contributed by atoms with van der Waals surface area (Å²) in [5.74, 6) is 0. The van der Waals surface area contributed by atoms with Crippen molar-refractivity contribution in [2.75, 3.05) is 32.7 Å². The molecule has 2 atom stereocenters. The van der Waals surface area contributed by atoms with Crippen LogP contribution in [0, 0.1) is 0 Å². The number of hydrogen-bond donors (Lipinski definition) is 1.